The largest absolute Gasteiger partial charge is 0.385 e. The van der Waals surface area contributed by atoms with Crippen molar-refractivity contribution in [1.29, 1.82) is 0 Å². The summed E-state index contributed by atoms with van der Waals surface area (Å²) in [4.78, 5) is 10.4. The lowest BCUT2D eigenvalue weighted by Crippen LogP contribution is -2.18. The van der Waals surface area contributed by atoms with Crippen molar-refractivity contribution < 1.29 is 9.66 Å². The van der Waals surface area contributed by atoms with Crippen LogP contribution >= 0.6 is 23.2 Å². The van der Waals surface area contributed by atoms with Gasteiger partial charge in [0.1, 0.15) is 5.69 Å². The molecular formula is C11H14Cl2N2O3. The van der Waals surface area contributed by atoms with Gasteiger partial charge in [-0.15, -0.1) is 0 Å². The number of nitrogens with zero attached hydrogens (tertiary/aromatic N) is 1. The van der Waals surface area contributed by atoms with Gasteiger partial charge in [0.25, 0.3) is 5.69 Å². The molecule has 1 unspecified atom stereocenters. The molecule has 0 aliphatic heterocycles. The molecule has 5 nitrogen and oxygen atoms in total. The van der Waals surface area contributed by atoms with E-state index in [4.69, 9.17) is 27.9 Å². The molecule has 0 fully saturated rings. The van der Waals surface area contributed by atoms with E-state index in [1.807, 2.05) is 6.92 Å². The molecule has 0 bridgehead atoms. The number of halogens is 2. The van der Waals surface area contributed by atoms with Crippen LogP contribution in [0.2, 0.25) is 10.0 Å². The van der Waals surface area contributed by atoms with Crippen molar-refractivity contribution in [1.82, 2.24) is 0 Å². The van der Waals surface area contributed by atoms with Crippen molar-refractivity contribution in [3.63, 3.8) is 0 Å². The van der Waals surface area contributed by atoms with Crippen LogP contribution in [0.3, 0.4) is 0 Å². The van der Waals surface area contributed by atoms with Crippen molar-refractivity contribution in [2.75, 3.05) is 19.0 Å². The van der Waals surface area contributed by atoms with Gasteiger partial charge in [-0.05, 0) is 19.4 Å². The maximum Gasteiger partial charge on any atom is 0.293 e. The molecule has 0 amide bonds. The van der Waals surface area contributed by atoms with E-state index >= 15 is 0 Å². The summed E-state index contributed by atoms with van der Waals surface area (Å²) >= 11 is 11.6. The monoisotopic (exact) mass is 292 g/mol. The van der Waals surface area contributed by atoms with E-state index in [1.165, 1.54) is 12.1 Å². The number of hydrogen-bond acceptors (Lipinski definition) is 4. The topological polar surface area (TPSA) is 64.4 Å². The molecule has 100 valence electrons. The van der Waals surface area contributed by atoms with E-state index in [9.17, 15) is 10.1 Å². The van der Waals surface area contributed by atoms with E-state index in [0.29, 0.717) is 12.3 Å². The predicted octanol–water partition coefficient (Wildman–Crippen LogP) is 3.74. The SMILES string of the molecule is COCCC(C)Nc1cc(Cl)c(Cl)cc1[N+](=O)[O-]. The number of nitro groups is 1. The lowest BCUT2D eigenvalue weighted by molar-refractivity contribution is -0.384. The fraction of sp³-hybridized carbons (Fsp3) is 0.455. The molecule has 1 atom stereocenters. The summed E-state index contributed by atoms with van der Waals surface area (Å²) in [5.74, 6) is 0. The lowest BCUT2D eigenvalue weighted by atomic mass is 10.2. The summed E-state index contributed by atoms with van der Waals surface area (Å²) in [6, 6.07) is 2.74. The molecule has 0 aromatic heterocycles. The minimum Gasteiger partial charge on any atom is -0.385 e. The zero-order chi connectivity index (χ0) is 13.7. The van der Waals surface area contributed by atoms with Gasteiger partial charge in [0.2, 0.25) is 0 Å². The first kappa shape index (κ1) is 15.0. The third-order valence-electron chi connectivity index (χ3n) is 2.39. The van der Waals surface area contributed by atoms with Crippen molar-refractivity contribution in [3.05, 3.63) is 32.3 Å². The van der Waals surface area contributed by atoms with Crippen LogP contribution in [0, 0.1) is 10.1 Å². The van der Waals surface area contributed by atoms with Gasteiger partial charge < -0.3 is 10.1 Å². The van der Waals surface area contributed by atoms with Crippen LogP contribution in [0.5, 0.6) is 0 Å². The van der Waals surface area contributed by atoms with Gasteiger partial charge in [0, 0.05) is 25.8 Å². The molecule has 1 aromatic rings. The smallest absolute Gasteiger partial charge is 0.293 e. The van der Waals surface area contributed by atoms with Crippen LogP contribution in [0.4, 0.5) is 11.4 Å². The molecule has 1 aromatic carbocycles. The Kier molecular flexibility index (Phi) is 5.65. The molecule has 0 spiro atoms. The summed E-state index contributed by atoms with van der Waals surface area (Å²) in [6.07, 6.45) is 0.730. The van der Waals surface area contributed by atoms with E-state index < -0.39 is 4.92 Å². The number of ether oxygens (including phenoxy) is 1. The zero-order valence-electron chi connectivity index (χ0n) is 10.1. The minimum atomic E-state index is -0.492. The first-order valence-electron chi connectivity index (χ1n) is 5.34. The summed E-state index contributed by atoms with van der Waals surface area (Å²) in [6.45, 7) is 2.48. The number of methoxy groups -OCH3 is 1. The van der Waals surface area contributed by atoms with Gasteiger partial charge in [-0.1, -0.05) is 23.2 Å². The fourth-order valence-electron chi connectivity index (χ4n) is 1.44. The Morgan fingerprint density at radius 2 is 2.06 bits per heavy atom. The van der Waals surface area contributed by atoms with E-state index in [1.54, 1.807) is 7.11 Å². The molecule has 0 aliphatic carbocycles. The van der Waals surface area contributed by atoms with Crippen molar-refractivity contribution in [2.45, 2.75) is 19.4 Å². The highest BCUT2D eigenvalue weighted by atomic mass is 35.5. The fourth-order valence-corrected chi connectivity index (χ4v) is 1.76. The maximum absolute atomic E-state index is 10.9. The first-order valence-corrected chi connectivity index (χ1v) is 6.10. The second kappa shape index (κ2) is 6.78. The van der Waals surface area contributed by atoms with Gasteiger partial charge in [0.05, 0.1) is 15.0 Å². The summed E-state index contributed by atoms with van der Waals surface area (Å²) < 4.78 is 4.95. The van der Waals surface area contributed by atoms with Crippen molar-refractivity contribution in [2.24, 2.45) is 0 Å². The van der Waals surface area contributed by atoms with Gasteiger partial charge in [0.15, 0.2) is 0 Å². The highest BCUT2D eigenvalue weighted by Crippen LogP contribution is 2.34. The van der Waals surface area contributed by atoms with Gasteiger partial charge >= 0.3 is 0 Å². The van der Waals surface area contributed by atoms with Gasteiger partial charge in [-0.2, -0.15) is 0 Å². The predicted molar refractivity (Wildman–Crippen MR) is 72.7 cm³/mol. The molecule has 0 radical (unpaired) electrons. The number of benzene rings is 1. The van der Waals surface area contributed by atoms with Gasteiger partial charge in [-0.3, -0.25) is 10.1 Å². The van der Waals surface area contributed by atoms with Crippen molar-refractivity contribution >= 4 is 34.6 Å². The average Bonchev–Trinajstić information content (AvgIpc) is 2.30. The Hall–Kier alpha value is -1.04. The summed E-state index contributed by atoms with van der Waals surface area (Å²) in [5.41, 5.74) is 0.270. The van der Waals surface area contributed by atoms with Crippen LogP contribution in [0.1, 0.15) is 13.3 Å². The number of anilines is 1. The van der Waals surface area contributed by atoms with E-state index in [2.05, 4.69) is 5.32 Å². The number of nitrogens with one attached hydrogen (secondary N) is 1. The molecule has 1 rings (SSSR count). The first-order chi connectivity index (χ1) is 8.45. The zero-order valence-corrected chi connectivity index (χ0v) is 11.6. The van der Waals surface area contributed by atoms with Gasteiger partial charge in [-0.25, -0.2) is 0 Å². The van der Waals surface area contributed by atoms with Crippen LogP contribution in [-0.2, 0) is 4.74 Å². The Morgan fingerprint density at radius 3 is 2.61 bits per heavy atom. The third-order valence-corrected chi connectivity index (χ3v) is 3.11. The molecule has 1 N–H and O–H groups in total. The van der Waals surface area contributed by atoms with E-state index in [-0.39, 0.29) is 21.8 Å². The van der Waals surface area contributed by atoms with Crippen molar-refractivity contribution in [3.8, 4) is 0 Å². The molecule has 0 heterocycles. The maximum atomic E-state index is 10.9. The quantitative estimate of drug-likeness (QED) is 0.641. The van der Waals surface area contributed by atoms with Crippen LogP contribution in [-0.4, -0.2) is 24.7 Å². The Balaban J connectivity index is 2.93. The Morgan fingerprint density at radius 1 is 1.44 bits per heavy atom. The molecule has 0 aliphatic rings. The van der Waals surface area contributed by atoms with Crippen LogP contribution < -0.4 is 5.32 Å². The second-order valence-electron chi connectivity index (χ2n) is 3.87. The Labute approximate surface area is 115 Å². The number of nitro benzene ring substituents is 1. The number of hydrogen-bond donors (Lipinski definition) is 1. The highest BCUT2D eigenvalue weighted by Gasteiger charge is 2.18. The summed E-state index contributed by atoms with van der Waals surface area (Å²) in [5, 5.41) is 14.4. The normalized spacial score (nSPS) is 12.2. The van der Waals surface area contributed by atoms with Crippen LogP contribution in [0.25, 0.3) is 0 Å². The highest BCUT2D eigenvalue weighted by molar-refractivity contribution is 6.42. The minimum absolute atomic E-state index is 0.0286. The lowest BCUT2D eigenvalue weighted by Gasteiger charge is -2.15. The van der Waals surface area contributed by atoms with E-state index in [0.717, 1.165) is 6.42 Å². The average molecular weight is 293 g/mol. The second-order valence-corrected chi connectivity index (χ2v) is 4.68. The standard InChI is InChI=1S/C11H14Cl2N2O3/c1-7(3-4-18-2)14-10-5-8(12)9(13)6-11(10)15(16)17/h5-7,14H,3-4H2,1-2H3. The Bertz CT molecular complexity index is 441. The molecule has 0 saturated heterocycles. The third kappa shape index (κ3) is 4.01. The molecular weight excluding hydrogens is 279 g/mol. The summed E-state index contributed by atoms with van der Waals surface area (Å²) in [7, 11) is 1.61. The molecule has 7 heteroatoms. The molecule has 0 saturated carbocycles. The van der Waals surface area contributed by atoms with Crippen LogP contribution in [0.15, 0.2) is 12.1 Å². The molecule has 18 heavy (non-hydrogen) atoms. The number of rotatable bonds is 6.